The van der Waals surface area contributed by atoms with Crippen molar-refractivity contribution in [1.82, 2.24) is 0 Å². The predicted octanol–water partition coefficient (Wildman–Crippen LogP) is 12.3. The Morgan fingerprint density at radius 1 is 0.362 bits per heavy atom. The number of rotatable bonds is 9. The molecule has 4 heteroatoms. The van der Waals surface area contributed by atoms with E-state index < -0.39 is 0 Å². The zero-order chi connectivity index (χ0) is 32.0. The van der Waals surface area contributed by atoms with Gasteiger partial charge >= 0.3 is 0 Å². The van der Waals surface area contributed by atoms with E-state index in [1.165, 1.54) is 22.3 Å². The van der Waals surface area contributed by atoms with Gasteiger partial charge in [0, 0.05) is 35.5 Å². The van der Waals surface area contributed by atoms with E-state index in [-0.39, 0.29) is 0 Å². The molecule has 7 aromatic rings. The summed E-state index contributed by atoms with van der Waals surface area (Å²) in [5.74, 6) is 0. The molecule has 0 aliphatic rings. The van der Waals surface area contributed by atoms with Crippen LogP contribution in [0.5, 0.6) is 0 Å². The first-order valence-electron chi connectivity index (χ1n) is 15.6. The van der Waals surface area contributed by atoms with Crippen LogP contribution in [0.4, 0.5) is 34.1 Å². The summed E-state index contributed by atoms with van der Waals surface area (Å²) < 4.78 is 0. The number of benzene rings is 7. The van der Waals surface area contributed by atoms with Gasteiger partial charge in [-0.05, 0) is 105 Å². The van der Waals surface area contributed by atoms with Crippen LogP contribution in [0.15, 0.2) is 187 Å². The molecule has 0 unspecified atom stereocenters. The second-order valence-corrected chi connectivity index (χ2v) is 11.4. The highest BCUT2D eigenvalue weighted by Crippen LogP contribution is 2.38. The van der Waals surface area contributed by atoms with Crippen LogP contribution in [0.3, 0.4) is 0 Å². The molecule has 226 valence electrons. The third-order valence-corrected chi connectivity index (χ3v) is 8.50. The molecule has 0 N–H and O–H groups in total. The zero-order valence-corrected chi connectivity index (χ0v) is 26.1. The van der Waals surface area contributed by atoms with Crippen molar-refractivity contribution < 1.29 is 0 Å². The first kappa shape index (κ1) is 29.5. The largest absolute Gasteiger partial charge is 0.345 e. The van der Waals surface area contributed by atoms with Crippen molar-refractivity contribution in [2.24, 2.45) is 5.18 Å². The highest BCUT2D eigenvalue weighted by molar-refractivity contribution is 5.81. The normalized spacial score (nSPS) is 10.7. The van der Waals surface area contributed by atoms with Gasteiger partial charge in [0.25, 0.3) is 0 Å². The molecule has 0 radical (unpaired) electrons. The molecule has 0 spiro atoms. The summed E-state index contributed by atoms with van der Waals surface area (Å²) in [4.78, 5) is 15.4. The summed E-state index contributed by atoms with van der Waals surface area (Å²) in [5.41, 5.74) is 12.6. The average molecular weight is 608 g/mol. The van der Waals surface area contributed by atoms with E-state index in [1.54, 1.807) is 12.1 Å². The van der Waals surface area contributed by atoms with Crippen molar-refractivity contribution in [1.29, 1.82) is 0 Å². The van der Waals surface area contributed by atoms with Gasteiger partial charge in [-0.25, -0.2) is 0 Å². The summed E-state index contributed by atoms with van der Waals surface area (Å²) in [5, 5.41) is 3.07. The molecular weight excluding hydrogens is 574 g/mol. The molecule has 0 amide bonds. The van der Waals surface area contributed by atoms with Crippen LogP contribution in [0.1, 0.15) is 0 Å². The summed E-state index contributed by atoms with van der Waals surface area (Å²) in [6.07, 6.45) is 0. The van der Waals surface area contributed by atoms with Crippen LogP contribution in [0, 0.1) is 4.91 Å². The zero-order valence-electron chi connectivity index (χ0n) is 26.1. The number of anilines is 5. The van der Waals surface area contributed by atoms with Crippen molar-refractivity contribution in [2.75, 3.05) is 16.8 Å². The molecular formula is C43H33N3O. The van der Waals surface area contributed by atoms with Crippen LogP contribution in [-0.2, 0) is 0 Å². The van der Waals surface area contributed by atoms with E-state index in [9.17, 15) is 4.91 Å². The predicted molar refractivity (Wildman–Crippen MR) is 197 cm³/mol. The van der Waals surface area contributed by atoms with Crippen LogP contribution in [0.25, 0.3) is 33.4 Å². The maximum Gasteiger partial charge on any atom is 0.110 e. The van der Waals surface area contributed by atoms with Crippen molar-refractivity contribution in [3.05, 3.63) is 187 Å². The molecule has 0 fully saturated rings. The summed E-state index contributed by atoms with van der Waals surface area (Å²) in [6.45, 7) is 0. The van der Waals surface area contributed by atoms with Crippen LogP contribution < -0.4 is 9.80 Å². The molecule has 0 saturated carbocycles. The maximum atomic E-state index is 11.0. The summed E-state index contributed by atoms with van der Waals surface area (Å²) in [6, 6.07) is 62.9. The van der Waals surface area contributed by atoms with Gasteiger partial charge in [0.05, 0.1) is 0 Å². The minimum Gasteiger partial charge on any atom is -0.345 e. The molecule has 0 atom stereocenters. The topological polar surface area (TPSA) is 35.9 Å². The standard InChI is InChI=1S/C43H33N3O/c1-45(43-14-8-13-38(31-43)44-47)39-23-15-36(16-24-39)37-21-29-42(30-22-37)46(40-25-17-34(18-26-40)32-9-4-2-5-10-32)41-27-19-35(20-28-41)33-11-6-3-7-12-33/h2-31H,1H3. The van der Waals surface area contributed by atoms with E-state index in [1.807, 2.05) is 36.2 Å². The Morgan fingerprint density at radius 2 is 0.723 bits per heavy atom. The lowest BCUT2D eigenvalue weighted by Crippen LogP contribution is -2.10. The number of hydrogen-bond donors (Lipinski definition) is 0. The minimum atomic E-state index is 0.416. The molecule has 0 aromatic heterocycles. The number of nitroso groups, excluding NO2 is 1. The fourth-order valence-electron chi connectivity index (χ4n) is 5.90. The van der Waals surface area contributed by atoms with Gasteiger partial charge in [0.1, 0.15) is 5.69 Å². The highest BCUT2D eigenvalue weighted by atomic mass is 16.3. The van der Waals surface area contributed by atoms with E-state index in [4.69, 9.17) is 0 Å². The van der Waals surface area contributed by atoms with E-state index >= 15 is 0 Å². The monoisotopic (exact) mass is 607 g/mol. The third kappa shape index (κ3) is 6.44. The van der Waals surface area contributed by atoms with E-state index in [0.29, 0.717) is 5.69 Å². The second kappa shape index (κ2) is 13.4. The van der Waals surface area contributed by atoms with Gasteiger partial charge in [-0.3, -0.25) is 0 Å². The first-order chi connectivity index (χ1) is 23.2. The van der Waals surface area contributed by atoms with Crippen LogP contribution in [0.2, 0.25) is 0 Å². The van der Waals surface area contributed by atoms with Crippen LogP contribution >= 0.6 is 0 Å². The Bertz CT molecular complexity index is 1990. The Morgan fingerprint density at radius 3 is 1.11 bits per heavy atom. The maximum absolute atomic E-state index is 11.0. The third-order valence-electron chi connectivity index (χ3n) is 8.50. The number of nitrogens with zero attached hydrogens (tertiary/aromatic N) is 3. The van der Waals surface area contributed by atoms with Gasteiger partial charge < -0.3 is 9.80 Å². The SMILES string of the molecule is CN(c1ccc(-c2ccc(N(c3ccc(-c4ccccc4)cc3)c3ccc(-c4ccccc4)cc3)cc2)cc1)c1cccc(N=O)c1. The fraction of sp³-hybridized carbons (Fsp3) is 0.0233. The molecule has 0 aliphatic heterocycles. The van der Waals surface area contributed by atoms with E-state index in [0.717, 1.165) is 39.6 Å². The molecule has 0 saturated heterocycles. The molecule has 47 heavy (non-hydrogen) atoms. The van der Waals surface area contributed by atoms with E-state index in [2.05, 4.69) is 156 Å². The summed E-state index contributed by atoms with van der Waals surface area (Å²) in [7, 11) is 1.99. The van der Waals surface area contributed by atoms with Crippen molar-refractivity contribution in [3.63, 3.8) is 0 Å². The van der Waals surface area contributed by atoms with Gasteiger partial charge in [-0.15, -0.1) is 4.91 Å². The van der Waals surface area contributed by atoms with Crippen LogP contribution in [-0.4, -0.2) is 7.05 Å². The van der Waals surface area contributed by atoms with Crippen molar-refractivity contribution in [3.8, 4) is 33.4 Å². The Balaban J connectivity index is 1.18. The fourth-order valence-corrected chi connectivity index (χ4v) is 5.90. The Hall–Kier alpha value is -6.26. The Labute approximate surface area is 275 Å². The van der Waals surface area contributed by atoms with Gasteiger partial charge in [0.15, 0.2) is 0 Å². The molecule has 4 nitrogen and oxygen atoms in total. The van der Waals surface area contributed by atoms with Gasteiger partial charge in [0.2, 0.25) is 0 Å². The molecule has 0 aliphatic carbocycles. The summed E-state index contributed by atoms with van der Waals surface area (Å²) >= 11 is 0. The quantitative estimate of drug-likeness (QED) is 0.153. The smallest absolute Gasteiger partial charge is 0.110 e. The minimum absolute atomic E-state index is 0.416. The molecule has 0 heterocycles. The lowest BCUT2D eigenvalue weighted by molar-refractivity contribution is 1.21. The van der Waals surface area contributed by atoms with Crippen molar-refractivity contribution in [2.45, 2.75) is 0 Å². The molecule has 0 bridgehead atoms. The molecule has 7 rings (SSSR count). The van der Waals surface area contributed by atoms with Crippen molar-refractivity contribution >= 4 is 34.1 Å². The Kier molecular flexibility index (Phi) is 8.39. The second-order valence-electron chi connectivity index (χ2n) is 11.4. The van der Waals surface area contributed by atoms with Gasteiger partial charge in [-0.2, -0.15) is 0 Å². The number of hydrogen-bond acceptors (Lipinski definition) is 4. The lowest BCUT2D eigenvalue weighted by Gasteiger charge is -2.26. The first-order valence-corrected chi connectivity index (χ1v) is 15.6. The highest BCUT2D eigenvalue weighted by Gasteiger charge is 2.14. The lowest BCUT2D eigenvalue weighted by atomic mass is 10.0. The molecule has 7 aromatic carbocycles. The van der Waals surface area contributed by atoms with Gasteiger partial charge in [-0.1, -0.05) is 115 Å². The average Bonchev–Trinajstić information content (AvgIpc) is 3.16.